The molecule has 9 heteroatoms. The fourth-order valence-electron chi connectivity index (χ4n) is 6.17. The van der Waals surface area contributed by atoms with E-state index in [4.69, 9.17) is 4.74 Å². The minimum Gasteiger partial charge on any atom is -0.379 e. The number of aromatic nitrogens is 1. The zero-order valence-electron chi connectivity index (χ0n) is 20.6. The molecule has 0 aromatic carbocycles. The van der Waals surface area contributed by atoms with Gasteiger partial charge in [0.15, 0.2) is 0 Å². The number of pyridine rings is 1. The molecule has 1 aliphatic carbocycles. The summed E-state index contributed by atoms with van der Waals surface area (Å²) in [6, 6.07) is 2.45. The summed E-state index contributed by atoms with van der Waals surface area (Å²) in [5.74, 6) is 0.880. The summed E-state index contributed by atoms with van der Waals surface area (Å²) in [4.78, 5) is 22.5. The molecule has 3 saturated heterocycles. The van der Waals surface area contributed by atoms with Gasteiger partial charge in [-0.1, -0.05) is 0 Å². The van der Waals surface area contributed by atoms with Gasteiger partial charge in [0.25, 0.3) is 0 Å². The molecule has 1 aromatic heterocycles. The monoisotopic (exact) mass is 471 g/mol. The average molecular weight is 472 g/mol. The second-order valence-electron chi connectivity index (χ2n) is 10.2. The van der Waals surface area contributed by atoms with Crippen LogP contribution in [0.4, 0.5) is 11.4 Å². The first-order valence-electron chi connectivity index (χ1n) is 13.2. The fraction of sp³-hybridized carbons (Fsp3) is 0.760. The van der Waals surface area contributed by atoms with Gasteiger partial charge in [-0.3, -0.25) is 14.7 Å². The highest BCUT2D eigenvalue weighted by molar-refractivity contribution is 5.97. The van der Waals surface area contributed by atoms with E-state index in [2.05, 4.69) is 42.5 Å². The molecule has 1 unspecified atom stereocenters. The van der Waals surface area contributed by atoms with Crippen LogP contribution in [0.2, 0.25) is 0 Å². The molecule has 0 spiro atoms. The minimum atomic E-state index is -0.123. The van der Waals surface area contributed by atoms with Gasteiger partial charge in [0.05, 0.1) is 30.8 Å². The van der Waals surface area contributed by atoms with Crippen LogP contribution in [-0.4, -0.2) is 111 Å². The number of hydrogen-bond acceptors (Lipinski definition) is 8. The number of ether oxygens (including phenoxy) is 1. The van der Waals surface area contributed by atoms with E-state index in [1.54, 1.807) is 6.20 Å². The summed E-state index contributed by atoms with van der Waals surface area (Å²) in [6.07, 6.45) is 9.50. The number of rotatable bonds is 6. The molecule has 4 heterocycles. The van der Waals surface area contributed by atoms with Crippen LogP contribution in [0.25, 0.3) is 0 Å². The van der Waals surface area contributed by atoms with E-state index in [0.717, 1.165) is 82.7 Å². The first-order chi connectivity index (χ1) is 16.7. The zero-order valence-corrected chi connectivity index (χ0v) is 20.6. The lowest BCUT2D eigenvalue weighted by Crippen LogP contribution is -2.49. The predicted molar refractivity (Wildman–Crippen MR) is 134 cm³/mol. The molecular weight excluding hydrogens is 430 g/mol. The van der Waals surface area contributed by atoms with Crippen LogP contribution < -0.4 is 15.5 Å². The SMILES string of the molecule is CN1C(C(=O)Nc2cnccc2N2CCNCC2)CCN1C1CCC(CN2CCOCC2)CC1. The Bertz CT molecular complexity index is 804. The molecule has 9 nitrogen and oxygen atoms in total. The Kier molecular flexibility index (Phi) is 7.96. The van der Waals surface area contributed by atoms with Gasteiger partial charge in [0.2, 0.25) is 5.91 Å². The number of hydrazine groups is 1. The van der Waals surface area contributed by atoms with Crippen molar-refractivity contribution in [1.82, 2.24) is 25.2 Å². The number of morpholine rings is 1. The molecule has 1 amide bonds. The fourth-order valence-corrected chi connectivity index (χ4v) is 6.17. The van der Waals surface area contributed by atoms with E-state index in [1.807, 2.05) is 12.3 Å². The van der Waals surface area contributed by atoms with Gasteiger partial charge in [-0.15, -0.1) is 0 Å². The van der Waals surface area contributed by atoms with E-state index in [-0.39, 0.29) is 11.9 Å². The molecule has 0 radical (unpaired) electrons. The third-order valence-corrected chi connectivity index (χ3v) is 8.16. The topological polar surface area (TPSA) is 76.2 Å². The third kappa shape index (κ3) is 5.54. The van der Waals surface area contributed by atoms with Crippen LogP contribution in [0.1, 0.15) is 32.1 Å². The highest BCUT2D eigenvalue weighted by Crippen LogP contribution is 2.33. The molecule has 2 N–H and O–H groups in total. The number of amides is 1. The van der Waals surface area contributed by atoms with Crippen molar-refractivity contribution in [3.8, 4) is 0 Å². The molecule has 188 valence electrons. The highest BCUT2D eigenvalue weighted by Gasteiger charge is 2.39. The van der Waals surface area contributed by atoms with Gasteiger partial charge in [-0.05, 0) is 44.1 Å². The standard InChI is InChI=1S/C25H41N7O2/c1-29-24(25(33)28-22-18-27-8-6-23(22)31-12-9-26-10-13-31)7-11-32(29)21-4-2-20(3-5-21)19-30-14-16-34-17-15-30/h6,8,18,20-21,24,26H,2-5,7,9-17,19H2,1H3,(H,28,33). The van der Waals surface area contributed by atoms with E-state index >= 15 is 0 Å². The Hall–Kier alpha value is -1.78. The van der Waals surface area contributed by atoms with E-state index in [1.165, 1.54) is 32.2 Å². The van der Waals surface area contributed by atoms with Gasteiger partial charge < -0.3 is 20.3 Å². The maximum atomic E-state index is 13.3. The largest absolute Gasteiger partial charge is 0.379 e. The van der Waals surface area contributed by atoms with Gasteiger partial charge in [-0.2, -0.15) is 0 Å². The normalized spacial score (nSPS) is 29.9. The molecule has 4 fully saturated rings. The highest BCUT2D eigenvalue weighted by atomic mass is 16.5. The molecular formula is C25H41N7O2. The molecule has 1 aromatic rings. The number of hydrogen-bond donors (Lipinski definition) is 2. The number of piperazine rings is 1. The minimum absolute atomic E-state index is 0.0791. The second-order valence-corrected chi connectivity index (χ2v) is 10.2. The predicted octanol–water partition coefficient (Wildman–Crippen LogP) is 1.24. The Balaban J connectivity index is 1.13. The Morgan fingerprint density at radius 1 is 1.09 bits per heavy atom. The van der Waals surface area contributed by atoms with Crippen LogP contribution in [0.3, 0.4) is 0 Å². The maximum absolute atomic E-state index is 13.3. The molecule has 1 atom stereocenters. The molecule has 5 rings (SSSR count). The van der Waals surface area contributed by atoms with E-state index in [9.17, 15) is 4.79 Å². The Morgan fingerprint density at radius 2 is 1.85 bits per heavy atom. The summed E-state index contributed by atoms with van der Waals surface area (Å²) >= 11 is 0. The molecule has 4 aliphatic rings. The molecule has 3 aliphatic heterocycles. The van der Waals surface area contributed by atoms with Crippen LogP contribution >= 0.6 is 0 Å². The number of carbonyl (C=O) groups is 1. The lowest BCUT2D eigenvalue weighted by molar-refractivity contribution is -0.125. The summed E-state index contributed by atoms with van der Waals surface area (Å²) in [6.45, 7) is 9.92. The zero-order chi connectivity index (χ0) is 23.3. The second kappa shape index (κ2) is 11.3. The van der Waals surface area contributed by atoms with Crippen molar-refractivity contribution in [2.24, 2.45) is 5.92 Å². The van der Waals surface area contributed by atoms with E-state index < -0.39 is 0 Å². The Morgan fingerprint density at radius 3 is 2.62 bits per heavy atom. The van der Waals surface area contributed by atoms with Crippen molar-refractivity contribution in [3.63, 3.8) is 0 Å². The number of nitrogens with zero attached hydrogens (tertiary/aromatic N) is 5. The van der Waals surface area contributed by atoms with Crippen molar-refractivity contribution >= 4 is 17.3 Å². The number of likely N-dealkylation sites (N-methyl/N-ethyl adjacent to an activating group) is 1. The number of nitrogens with one attached hydrogen (secondary N) is 2. The van der Waals surface area contributed by atoms with Crippen LogP contribution in [-0.2, 0) is 9.53 Å². The van der Waals surface area contributed by atoms with Crippen molar-refractivity contribution in [2.45, 2.75) is 44.2 Å². The first-order valence-corrected chi connectivity index (χ1v) is 13.2. The van der Waals surface area contributed by atoms with Crippen molar-refractivity contribution in [2.75, 3.05) is 82.8 Å². The van der Waals surface area contributed by atoms with Crippen molar-refractivity contribution in [1.29, 1.82) is 0 Å². The summed E-state index contributed by atoms with van der Waals surface area (Å²) in [5.41, 5.74) is 1.89. The number of anilines is 2. The molecule has 0 bridgehead atoms. The average Bonchev–Trinajstić information content (AvgIpc) is 3.27. The van der Waals surface area contributed by atoms with Crippen molar-refractivity contribution < 1.29 is 9.53 Å². The van der Waals surface area contributed by atoms with Gasteiger partial charge in [0.1, 0.15) is 6.04 Å². The van der Waals surface area contributed by atoms with Crippen LogP contribution in [0.15, 0.2) is 18.5 Å². The lowest BCUT2D eigenvalue weighted by Gasteiger charge is -2.40. The van der Waals surface area contributed by atoms with Gasteiger partial charge >= 0.3 is 0 Å². The molecule has 34 heavy (non-hydrogen) atoms. The van der Waals surface area contributed by atoms with Crippen molar-refractivity contribution in [3.05, 3.63) is 18.5 Å². The number of carbonyl (C=O) groups excluding carboxylic acids is 1. The van der Waals surface area contributed by atoms with Gasteiger partial charge in [-0.25, -0.2) is 10.0 Å². The maximum Gasteiger partial charge on any atom is 0.243 e. The summed E-state index contributed by atoms with van der Waals surface area (Å²) < 4.78 is 5.49. The smallest absolute Gasteiger partial charge is 0.243 e. The van der Waals surface area contributed by atoms with Gasteiger partial charge in [0, 0.05) is 71.6 Å². The van der Waals surface area contributed by atoms with Crippen LogP contribution in [0.5, 0.6) is 0 Å². The quantitative estimate of drug-likeness (QED) is 0.642. The lowest BCUT2D eigenvalue weighted by atomic mass is 9.85. The third-order valence-electron chi connectivity index (χ3n) is 8.16. The van der Waals surface area contributed by atoms with Crippen LogP contribution in [0, 0.1) is 5.92 Å². The summed E-state index contributed by atoms with van der Waals surface area (Å²) in [5, 5.41) is 11.3. The van der Waals surface area contributed by atoms with E-state index in [0.29, 0.717) is 6.04 Å². The summed E-state index contributed by atoms with van der Waals surface area (Å²) in [7, 11) is 2.09. The first kappa shape index (κ1) is 23.9. The molecule has 1 saturated carbocycles. The Labute approximate surface area is 203 Å².